The van der Waals surface area contributed by atoms with Crippen LogP contribution >= 0.6 is 27.3 Å². The van der Waals surface area contributed by atoms with Gasteiger partial charge in [-0.1, -0.05) is 34.5 Å². The van der Waals surface area contributed by atoms with Crippen LogP contribution in [0.15, 0.2) is 44.2 Å². The first-order valence-corrected chi connectivity index (χ1v) is 9.98. The molecule has 0 N–H and O–H groups in total. The van der Waals surface area contributed by atoms with E-state index in [2.05, 4.69) is 44.5 Å². The van der Waals surface area contributed by atoms with Gasteiger partial charge >= 0.3 is 0 Å². The number of halogens is 1. The van der Waals surface area contributed by atoms with Crippen LogP contribution in [-0.4, -0.2) is 30.6 Å². The maximum Gasteiger partial charge on any atom is 0.206 e. The van der Waals surface area contributed by atoms with Crippen LogP contribution in [0.5, 0.6) is 0 Å². The van der Waals surface area contributed by atoms with Crippen LogP contribution in [0.2, 0.25) is 0 Å². The molecule has 1 aromatic carbocycles. The maximum absolute atomic E-state index is 5.12. The summed E-state index contributed by atoms with van der Waals surface area (Å²) in [5, 5.41) is 7.10. The molecule has 4 nitrogen and oxygen atoms in total. The highest BCUT2D eigenvalue weighted by Crippen LogP contribution is 2.24. The minimum Gasteiger partial charge on any atom is -0.383 e. The van der Waals surface area contributed by atoms with Gasteiger partial charge < -0.3 is 4.74 Å². The van der Waals surface area contributed by atoms with Crippen molar-refractivity contribution in [3.8, 4) is 11.3 Å². The number of methoxy groups -OCH3 is 1. The number of hydrogen-bond donors (Lipinski definition) is 0. The Morgan fingerprint density at radius 3 is 2.83 bits per heavy atom. The smallest absolute Gasteiger partial charge is 0.206 e. The van der Waals surface area contributed by atoms with Crippen LogP contribution in [0.25, 0.3) is 11.3 Å². The Morgan fingerprint density at radius 1 is 1.25 bits per heavy atom. The van der Waals surface area contributed by atoms with Crippen LogP contribution in [0.4, 0.5) is 0 Å². The minimum absolute atomic E-state index is 0.626. The third-order valence-electron chi connectivity index (χ3n) is 4.02. The molecule has 6 heteroatoms. The second-order valence-electron chi connectivity index (χ2n) is 5.83. The Balaban J connectivity index is 2.03. The number of nitrogens with zero attached hydrogens (tertiary/aromatic N) is 3. The summed E-state index contributed by atoms with van der Waals surface area (Å²) in [4.78, 5) is 5.60. The van der Waals surface area contributed by atoms with Crippen molar-refractivity contribution in [1.29, 1.82) is 0 Å². The summed E-state index contributed by atoms with van der Waals surface area (Å²) in [6.07, 6.45) is 5.99. The lowest BCUT2D eigenvalue weighted by Gasteiger charge is -2.13. The third kappa shape index (κ3) is 4.43. The average Bonchev–Trinajstić information content (AvgIpc) is 2.99. The van der Waals surface area contributed by atoms with E-state index in [1.807, 2.05) is 10.7 Å². The van der Waals surface area contributed by atoms with E-state index in [1.165, 1.54) is 25.0 Å². The molecule has 24 heavy (non-hydrogen) atoms. The number of rotatable bonds is 5. The molecule has 1 saturated carbocycles. The predicted molar refractivity (Wildman–Crippen MR) is 104 cm³/mol. The van der Waals surface area contributed by atoms with Crippen molar-refractivity contribution in [2.24, 2.45) is 10.1 Å². The van der Waals surface area contributed by atoms with Crippen molar-refractivity contribution in [3.05, 3.63) is 38.9 Å². The Morgan fingerprint density at radius 2 is 2.08 bits per heavy atom. The first-order valence-electron chi connectivity index (χ1n) is 8.30. The van der Waals surface area contributed by atoms with E-state index in [-0.39, 0.29) is 0 Å². The normalized spacial score (nSPS) is 15.8. The molecule has 1 fully saturated rings. The zero-order valence-electron chi connectivity index (χ0n) is 13.9. The van der Waals surface area contributed by atoms with Crippen molar-refractivity contribution in [3.63, 3.8) is 0 Å². The number of hydrogen-bond acceptors (Lipinski definition) is 4. The summed E-state index contributed by atoms with van der Waals surface area (Å²) in [7, 11) is 1.70. The molecule has 0 unspecified atom stereocenters. The summed E-state index contributed by atoms with van der Waals surface area (Å²) in [5.74, 6) is 0. The SMILES string of the molecule is COCCN=c1scc(-c2cccc(Br)c2)n1N=C1CCCCC1. The Kier molecular flexibility index (Phi) is 6.40. The standard InChI is InChI=1S/C18H22BrN3OS/c1-23-11-10-20-18-22(21-16-8-3-2-4-9-16)17(13-24-18)14-6-5-7-15(19)12-14/h5-7,12-13H,2-4,8-11H2,1H3. The molecule has 0 spiro atoms. The largest absolute Gasteiger partial charge is 0.383 e. The first-order chi connectivity index (χ1) is 11.8. The van der Waals surface area contributed by atoms with E-state index in [0.29, 0.717) is 13.2 Å². The summed E-state index contributed by atoms with van der Waals surface area (Å²) >= 11 is 5.19. The Bertz CT molecular complexity index is 771. The van der Waals surface area contributed by atoms with E-state index >= 15 is 0 Å². The van der Waals surface area contributed by atoms with E-state index in [1.54, 1.807) is 18.4 Å². The predicted octanol–water partition coefficient (Wildman–Crippen LogP) is 4.69. The fourth-order valence-electron chi connectivity index (χ4n) is 2.78. The molecule has 1 aromatic heterocycles. The van der Waals surface area contributed by atoms with Crippen molar-refractivity contribution in [1.82, 2.24) is 4.68 Å². The molecular formula is C18H22BrN3OS. The summed E-state index contributed by atoms with van der Waals surface area (Å²) in [6.45, 7) is 1.28. The van der Waals surface area contributed by atoms with Gasteiger partial charge in [-0.15, -0.1) is 11.3 Å². The second kappa shape index (κ2) is 8.74. The van der Waals surface area contributed by atoms with Gasteiger partial charge in [-0.05, 0) is 37.8 Å². The monoisotopic (exact) mass is 407 g/mol. The second-order valence-corrected chi connectivity index (χ2v) is 7.58. The third-order valence-corrected chi connectivity index (χ3v) is 5.37. The summed E-state index contributed by atoms with van der Waals surface area (Å²) < 4.78 is 8.21. The molecule has 1 aliphatic rings. The molecule has 3 rings (SSSR count). The van der Waals surface area contributed by atoms with Crippen molar-refractivity contribution in [2.75, 3.05) is 20.3 Å². The van der Waals surface area contributed by atoms with E-state index in [9.17, 15) is 0 Å². The van der Waals surface area contributed by atoms with Crippen LogP contribution < -0.4 is 4.80 Å². The zero-order chi connectivity index (χ0) is 16.8. The number of thiazole rings is 1. The zero-order valence-corrected chi connectivity index (χ0v) is 16.3. The van der Waals surface area contributed by atoms with Crippen LogP contribution in [0.3, 0.4) is 0 Å². The molecular weight excluding hydrogens is 386 g/mol. The average molecular weight is 408 g/mol. The van der Waals surface area contributed by atoms with Gasteiger partial charge in [-0.25, -0.2) is 4.68 Å². The van der Waals surface area contributed by atoms with Gasteiger partial charge in [0.15, 0.2) is 0 Å². The fourth-order valence-corrected chi connectivity index (χ4v) is 4.04. The lowest BCUT2D eigenvalue weighted by atomic mass is 9.99. The first kappa shape index (κ1) is 17.6. The van der Waals surface area contributed by atoms with E-state index < -0.39 is 0 Å². The highest BCUT2D eigenvalue weighted by Gasteiger charge is 2.11. The fraction of sp³-hybridized carbons (Fsp3) is 0.444. The van der Waals surface area contributed by atoms with Crippen molar-refractivity contribution in [2.45, 2.75) is 32.1 Å². The molecule has 0 amide bonds. The molecule has 0 saturated heterocycles. The van der Waals surface area contributed by atoms with Crippen LogP contribution in [-0.2, 0) is 4.74 Å². The topological polar surface area (TPSA) is 38.9 Å². The lowest BCUT2D eigenvalue weighted by Crippen LogP contribution is -2.17. The minimum atomic E-state index is 0.626. The quantitative estimate of drug-likeness (QED) is 0.662. The molecule has 128 valence electrons. The number of aromatic nitrogens is 1. The highest BCUT2D eigenvalue weighted by molar-refractivity contribution is 9.10. The number of benzene rings is 1. The van der Waals surface area contributed by atoms with Crippen LogP contribution in [0, 0.1) is 0 Å². The molecule has 0 bridgehead atoms. The molecule has 0 atom stereocenters. The van der Waals surface area contributed by atoms with Gasteiger partial charge in [0.2, 0.25) is 4.80 Å². The Labute approximate surface area is 155 Å². The van der Waals surface area contributed by atoms with E-state index in [4.69, 9.17) is 9.84 Å². The lowest BCUT2D eigenvalue weighted by molar-refractivity contribution is 0.207. The van der Waals surface area contributed by atoms with Gasteiger partial charge in [0.05, 0.1) is 18.8 Å². The van der Waals surface area contributed by atoms with E-state index in [0.717, 1.165) is 33.4 Å². The van der Waals surface area contributed by atoms with Gasteiger partial charge in [0.25, 0.3) is 0 Å². The molecule has 1 heterocycles. The van der Waals surface area contributed by atoms with Gasteiger partial charge in [-0.2, -0.15) is 5.10 Å². The molecule has 1 aliphatic carbocycles. The molecule has 2 aromatic rings. The molecule has 0 aliphatic heterocycles. The maximum atomic E-state index is 5.12. The van der Waals surface area contributed by atoms with Crippen molar-refractivity contribution >= 4 is 33.0 Å². The van der Waals surface area contributed by atoms with Gasteiger partial charge in [0, 0.05) is 28.2 Å². The van der Waals surface area contributed by atoms with Crippen molar-refractivity contribution < 1.29 is 4.74 Å². The summed E-state index contributed by atoms with van der Waals surface area (Å²) in [5.41, 5.74) is 3.52. The summed E-state index contributed by atoms with van der Waals surface area (Å²) in [6, 6.07) is 8.33. The van der Waals surface area contributed by atoms with Gasteiger partial charge in [0.1, 0.15) is 0 Å². The number of ether oxygens (including phenoxy) is 1. The highest BCUT2D eigenvalue weighted by atomic mass is 79.9. The van der Waals surface area contributed by atoms with Crippen LogP contribution in [0.1, 0.15) is 32.1 Å². The molecule has 0 radical (unpaired) electrons. The Hall–Kier alpha value is -1.24. The van der Waals surface area contributed by atoms with Gasteiger partial charge in [-0.3, -0.25) is 4.99 Å².